The normalized spacial score (nSPS) is 20.9. The number of nitrogens with one attached hydrogen (secondary N) is 2. The third kappa shape index (κ3) is 29.8. The molecule has 25 nitrogen and oxygen atoms in total. The average Bonchev–Trinajstić information content (AvgIpc) is 1.60. The molecule has 702 valence electrons. The van der Waals surface area contributed by atoms with E-state index in [9.17, 15) is 66.7 Å². The quantitative estimate of drug-likeness (QED) is 0.0164. The number of rotatable bonds is 17. The first-order valence-electron chi connectivity index (χ1n) is 38.1. The van der Waals surface area contributed by atoms with E-state index >= 15 is 13.2 Å². The van der Waals surface area contributed by atoms with Crippen LogP contribution in [0.25, 0.3) is 41.5 Å². The Labute approximate surface area is 919 Å². The van der Waals surface area contributed by atoms with E-state index in [1.54, 1.807) is 83.3 Å². The number of ether oxygens (including phenoxy) is 5. The molecule has 5 aromatic carbocycles. The Balaban J connectivity index is 0.000000253. The van der Waals surface area contributed by atoms with Crippen molar-refractivity contribution < 1.29 is 263 Å². The number of amidine groups is 3. The summed E-state index contributed by atoms with van der Waals surface area (Å²) < 4.78 is 254. The zero-order valence-corrected chi connectivity index (χ0v) is 88.6. The van der Waals surface area contributed by atoms with Crippen molar-refractivity contribution in [3.05, 3.63) is 264 Å². The number of aliphatic hydroxyl groups excluding tert-OH is 1. The molecule has 5 N–H and O–H groups in total. The predicted octanol–water partition coefficient (Wildman–Crippen LogP) is 10.4. The number of carbonyl (C=O) groups excluding carboxylic acids is 3. The monoisotopic (exact) mass is 2340 g/mol. The fraction of sp³-hybridized carbons (Fsp3) is 0.241. The van der Waals surface area contributed by atoms with Crippen molar-refractivity contribution in [2.75, 3.05) is 56.9 Å². The van der Waals surface area contributed by atoms with Crippen LogP contribution >= 0.6 is 81.1 Å². The van der Waals surface area contributed by atoms with Crippen molar-refractivity contribution in [3.63, 3.8) is 0 Å². The summed E-state index contributed by atoms with van der Waals surface area (Å²) in [6.07, 6.45) is 6.61. The van der Waals surface area contributed by atoms with Gasteiger partial charge in [0.15, 0.2) is 70.3 Å². The molecule has 136 heavy (non-hydrogen) atoms. The van der Waals surface area contributed by atoms with Gasteiger partial charge in [0.25, 0.3) is 18.3 Å². The number of hydrogen-bond donors (Lipinski definition) is 4. The number of aliphatic imine (C=N–C) groups is 3. The Bertz CT molecular complexity index is 6040. The van der Waals surface area contributed by atoms with Gasteiger partial charge in [-0.1, -0.05) is 131 Å². The largest absolute Gasteiger partial charge is 1.00 e. The molecule has 0 spiro atoms. The first-order chi connectivity index (χ1) is 63.9. The number of benzene rings is 5. The second-order valence-electron chi connectivity index (χ2n) is 27.9. The van der Waals surface area contributed by atoms with Gasteiger partial charge in [0.05, 0.1) is 69.4 Å². The molecule has 6 aliphatic rings. The van der Waals surface area contributed by atoms with Crippen LogP contribution in [0.1, 0.15) is 78.3 Å². The number of carbonyl (C=O) groups is 3. The van der Waals surface area contributed by atoms with E-state index in [0.717, 1.165) is 96.5 Å². The van der Waals surface area contributed by atoms with Crippen molar-refractivity contribution in [2.45, 2.75) is 53.5 Å². The number of fused-ring (bicyclic) bond motifs is 3. The smallest absolute Gasteiger partial charge is 1.00 e. The van der Waals surface area contributed by atoms with Crippen LogP contribution in [0.2, 0.25) is 10.3 Å². The van der Waals surface area contributed by atoms with Gasteiger partial charge in [-0.25, -0.2) is 85.6 Å². The van der Waals surface area contributed by atoms with Gasteiger partial charge in [-0.2, -0.15) is 39.5 Å². The number of hydrogen-bond acceptors (Lipinski definition) is 26. The fourth-order valence-corrected chi connectivity index (χ4v) is 17.5. The van der Waals surface area contributed by atoms with Crippen LogP contribution in [0.3, 0.4) is 0 Å². The summed E-state index contributed by atoms with van der Waals surface area (Å²) in [7, 11) is 0. The molecule has 9 aromatic rings. The third-order valence-corrected chi connectivity index (χ3v) is 23.4. The van der Waals surface area contributed by atoms with E-state index in [-0.39, 0.29) is 276 Å². The third-order valence-electron chi connectivity index (χ3n) is 19.5. The van der Waals surface area contributed by atoms with Crippen molar-refractivity contribution in [2.24, 2.45) is 38.5 Å². The molecule has 9 atom stereocenters. The molecule has 2 amide bonds. The van der Waals surface area contributed by atoms with E-state index in [1.807, 2.05) is 5.92 Å². The second-order valence-corrected chi connectivity index (χ2v) is 32.3. The van der Waals surface area contributed by atoms with Gasteiger partial charge in [0.1, 0.15) is 73.8 Å². The molecule has 0 aliphatic carbocycles. The Morgan fingerprint density at radius 2 is 0.831 bits per heavy atom. The van der Waals surface area contributed by atoms with E-state index < -0.39 is 144 Å². The SMILES string of the molecule is C#CCO.C#CCOc1cnc(/C(F)=C/c2ccc(F)c([C@]34CO[C@H](C(F)(F)F)[C@H]3CSC(N)=N4)c2)cn1.C#CCOc1cnc(/C(F)=C/c2ccc(F)c([C@]34CO[C@H](C(F)(F)F)[C@H]3CSC(NC(=O)c3ccccc3)=N4)c2)cn1.F/C(=C\I)c1cnc(Cl)cn1.O=C(NC1=N[C@@]2(c3cc(/C=C(\F)c4cnc(Cl)cn4)ccc3F)CO[C@H](C(F)(F)F)[C@H]2CS1)c1ccccc1.O=CO[O-].[Cs+].[Cs+].[H-]. The number of terminal acetylenes is 3. The molecule has 15 rings (SSSR count). The summed E-state index contributed by atoms with van der Waals surface area (Å²) >= 11 is 15.7. The van der Waals surface area contributed by atoms with Crippen molar-refractivity contribution in [1.29, 1.82) is 0 Å². The molecule has 49 heteroatoms. The van der Waals surface area contributed by atoms with Crippen LogP contribution in [-0.2, 0) is 40.5 Å². The van der Waals surface area contributed by atoms with Crippen LogP contribution in [0.4, 0.5) is 70.2 Å². The Hall–Kier alpha value is -7.98. The Morgan fingerprint density at radius 3 is 1.12 bits per heavy atom. The van der Waals surface area contributed by atoms with Gasteiger partial charge in [-0.05, 0) is 118 Å². The van der Waals surface area contributed by atoms with Gasteiger partial charge in [-0.3, -0.25) is 14.4 Å². The van der Waals surface area contributed by atoms with E-state index in [2.05, 4.69) is 88.6 Å². The summed E-state index contributed by atoms with van der Waals surface area (Å²) in [6, 6.07) is 26.9. The molecule has 0 bridgehead atoms. The number of aliphatic hydroxyl groups is 1. The zero-order valence-electron chi connectivity index (χ0n) is 71.0. The molecule has 3 fully saturated rings. The molecular formula is C87H65Cl2Cs2F16IN14O11S3. The number of amides is 2. The van der Waals surface area contributed by atoms with Gasteiger partial charge in [0.2, 0.25) is 11.8 Å². The number of halogens is 19. The van der Waals surface area contributed by atoms with Crippen LogP contribution in [0.5, 0.6) is 11.8 Å². The molecule has 0 saturated carbocycles. The molecule has 10 heterocycles. The van der Waals surface area contributed by atoms with Crippen LogP contribution in [-0.4, -0.2) is 173 Å². The number of aromatic nitrogens is 8. The van der Waals surface area contributed by atoms with Crippen molar-refractivity contribution in [1.82, 2.24) is 50.5 Å². The van der Waals surface area contributed by atoms with Crippen LogP contribution < -0.4 is 169 Å². The fourth-order valence-electron chi connectivity index (χ4n) is 13.6. The minimum absolute atomic E-state index is 0. The minimum atomic E-state index is -4.75. The van der Waals surface area contributed by atoms with E-state index in [4.69, 9.17) is 80.6 Å². The number of nitrogens with zero attached hydrogens (tertiary/aromatic N) is 11. The number of thioether (sulfide) groups is 3. The molecule has 0 radical (unpaired) electrons. The van der Waals surface area contributed by atoms with Crippen LogP contribution in [0, 0.1) is 72.2 Å². The molecule has 4 aromatic heterocycles. The summed E-state index contributed by atoms with van der Waals surface area (Å²) in [6.45, 7) is -2.13. The summed E-state index contributed by atoms with van der Waals surface area (Å²) in [5.41, 5.74) is 0.695. The van der Waals surface area contributed by atoms with E-state index in [1.165, 1.54) is 65.3 Å². The topological polar surface area (TPSA) is 340 Å². The summed E-state index contributed by atoms with van der Waals surface area (Å²) in [4.78, 5) is 80.4. The predicted molar refractivity (Wildman–Crippen MR) is 475 cm³/mol. The zero-order chi connectivity index (χ0) is 97.3. The van der Waals surface area contributed by atoms with Crippen molar-refractivity contribution in [3.8, 4) is 48.8 Å². The molecule has 3 saturated heterocycles. The maximum absolute atomic E-state index is 15.4. The van der Waals surface area contributed by atoms with Crippen molar-refractivity contribution >= 4 is 156 Å². The average molecular weight is 2350 g/mol. The van der Waals surface area contributed by atoms with E-state index in [0.29, 0.717) is 11.1 Å². The Morgan fingerprint density at radius 1 is 0.515 bits per heavy atom. The first-order valence-corrected chi connectivity index (χ1v) is 43.0. The maximum Gasteiger partial charge on any atom is 1.00 e. The summed E-state index contributed by atoms with van der Waals surface area (Å²) in [5, 5.41) is 21.7. The maximum atomic E-state index is 15.4. The molecular weight excluding hydrogens is 2280 g/mol. The second kappa shape index (κ2) is 52.5. The standard InChI is InChI=1S/C29H21F5N4O3S.C26H18ClF5N4O2S.C22H17F5N4O2S.C6H3ClFIN2.C3H4O.CH2O3.2Cs.H/c1-2-10-40-24-14-35-23(13-36-24)22(31)12-17-8-9-21(30)19(11-17)28-16-41-25(29(32,33)34)20(28)15-42-27(38-28)37-26(39)18-6-4-3-5-7-18;27-21-11-33-20(10-34-21)19(29)9-14-6-7-18(28)16(8-14)25-13-38-22(26(30,31)32)17(25)12-39-24(36-25)35-23(37)15-4-2-1-3-5-15;1-2-5-32-18-9-29-17(8-30-18)16(24)7-12-3-4-15(23)13(6-12)21-11-33-19(22(25,26)27)14(21)10-34-20(28)31-21;7-6-3-10-5(2-11-6)4(8)1-9;1-2-3-4;2-1-4-3;;;/h1,3-9,11-14,20,25H,10,15-16H2,(H,37,38,39);1-11,17,22H,12-13H2,(H,35,36,37);1,3-4,6-9,14,19H,5,10-11H2,(H2,28,31);1-3H;1,4H,3H2;1,3H;;;/q;;;;;;2*+1;-1/p-1/b22-12-;19-9-;16-7-;4-1-;;;;;/t20-,25+,28-;17-,22+,25-;14-,19+,21-;;;;;;/m111....../s1. The van der Waals surface area contributed by atoms with Gasteiger partial charge >= 0.3 is 156 Å². The molecule has 6 aliphatic heterocycles. The summed E-state index contributed by atoms with van der Waals surface area (Å²) in [5.74, 6) is -3.95. The Kier molecular flexibility index (Phi) is 43.7. The first kappa shape index (κ1) is 113. The number of nitrogens with two attached hydrogens (primary N) is 1. The minimum Gasteiger partial charge on any atom is -1.00 e. The van der Waals surface area contributed by atoms with Gasteiger partial charge in [0, 0.05) is 66.9 Å². The van der Waals surface area contributed by atoms with Gasteiger partial charge < -0.3 is 56.7 Å². The number of alkyl halides is 9. The van der Waals surface area contributed by atoms with Gasteiger partial charge in [-0.15, -0.1) is 19.3 Å². The molecule has 0 unspecified atom stereocenters. The van der Waals surface area contributed by atoms with Crippen LogP contribution in [0.15, 0.2) is 184 Å².